The molecule has 1 unspecified atom stereocenters. The molecule has 5 heteroatoms. The van der Waals surface area contributed by atoms with E-state index in [-0.39, 0.29) is 23.5 Å². The quantitative estimate of drug-likeness (QED) is 0.930. The molecule has 1 aliphatic rings. The number of rotatable bonds is 4. The van der Waals surface area contributed by atoms with Crippen molar-refractivity contribution >= 4 is 11.8 Å². The molecule has 1 N–H and O–H groups in total. The number of likely N-dealkylation sites (tertiary alicyclic amines) is 1. The molecule has 1 heterocycles. The van der Waals surface area contributed by atoms with Crippen LogP contribution in [0, 0.1) is 11.7 Å². The highest BCUT2D eigenvalue weighted by molar-refractivity contribution is 5.94. The third kappa shape index (κ3) is 4.44. The zero-order valence-electron chi connectivity index (χ0n) is 14.0. The minimum Gasteiger partial charge on any atom is -0.352 e. The molecule has 130 valence electrons. The highest BCUT2D eigenvalue weighted by Crippen LogP contribution is 2.19. The summed E-state index contributed by atoms with van der Waals surface area (Å²) in [5, 5.41) is 2.95. The molecule has 1 aliphatic heterocycles. The molecule has 25 heavy (non-hydrogen) atoms. The fourth-order valence-corrected chi connectivity index (χ4v) is 3.08. The van der Waals surface area contributed by atoms with Crippen LogP contribution in [0.2, 0.25) is 0 Å². The standard InChI is InChI=1S/C20H21FN2O2/c21-18-10-8-16(9-11-18)20(25)23-12-4-7-17(14-23)19(24)22-13-15-5-2-1-3-6-15/h1-3,5-6,8-11,17H,4,7,12-14H2,(H,22,24). The average molecular weight is 340 g/mol. The van der Waals surface area contributed by atoms with Gasteiger partial charge in [-0.2, -0.15) is 0 Å². The molecule has 2 aromatic rings. The van der Waals surface area contributed by atoms with Gasteiger partial charge in [0.05, 0.1) is 5.92 Å². The van der Waals surface area contributed by atoms with Gasteiger partial charge in [0.2, 0.25) is 5.91 Å². The molecule has 0 aliphatic carbocycles. The van der Waals surface area contributed by atoms with Crippen LogP contribution in [0.3, 0.4) is 0 Å². The van der Waals surface area contributed by atoms with Gasteiger partial charge < -0.3 is 10.2 Å². The van der Waals surface area contributed by atoms with Crippen molar-refractivity contribution in [3.63, 3.8) is 0 Å². The molecule has 2 amide bonds. The first-order chi connectivity index (χ1) is 12.1. The number of halogens is 1. The first kappa shape index (κ1) is 17.1. The summed E-state index contributed by atoms with van der Waals surface area (Å²) in [6.07, 6.45) is 1.56. The van der Waals surface area contributed by atoms with E-state index in [1.54, 1.807) is 4.90 Å². The maximum atomic E-state index is 13.0. The number of amides is 2. The van der Waals surface area contributed by atoms with E-state index in [1.807, 2.05) is 30.3 Å². The van der Waals surface area contributed by atoms with Gasteiger partial charge in [-0.1, -0.05) is 30.3 Å². The largest absolute Gasteiger partial charge is 0.352 e. The Kier molecular flexibility index (Phi) is 5.43. The van der Waals surface area contributed by atoms with Gasteiger partial charge in [-0.15, -0.1) is 0 Å². The summed E-state index contributed by atoms with van der Waals surface area (Å²) in [5.41, 5.74) is 1.50. The first-order valence-corrected chi connectivity index (χ1v) is 8.50. The third-order valence-electron chi connectivity index (χ3n) is 4.48. The van der Waals surface area contributed by atoms with E-state index in [4.69, 9.17) is 0 Å². The minimum atomic E-state index is -0.367. The smallest absolute Gasteiger partial charge is 0.253 e. The molecule has 1 atom stereocenters. The van der Waals surface area contributed by atoms with E-state index < -0.39 is 0 Å². The Labute approximate surface area is 146 Å². The van der Waals surface area contributed by atoms with E-state index in [0.29, 0.717) is 25.2 Å². The van der Waals surface area contributed by atoms with Crippen molar-refractivity contribution in [3.8, 4) is 0 Å². The number of piperidine rings is 1. The molecule has 0 aromatic heterocycles. The number of hydrogen-bond acceptors (Lipinski definition) is 2. The van der Waals surface area contributed by atoms with Crippen LogP contribution in [0.4, 0.5) is 4.39 Å². The topological polar surface area (TPSA) is 49.4 Å². The van der Waals surface area contributed by atoms with Gasteiger partial charge >= 0.3 is 0 Å². The Hall–Kier alpha value is -2.69. The van der Waals surface area contributed by atoms with E-state index in [9.17, 15) is 14.0 Å². The Morgan fingerprint density at radius 2 is 1.80 bits per heavy atom. The Morgan fingerprint density at radius 3 is 2.52 bits per heavy atom. The number of nitrogens with zero attached hydrogens (tertiary/aromatic N) is 1. The number of hydrogen-bond donors (Lipinski definition) is 1. The van der Waals surface area contributed by atoms with Crippen LogP contribution < -0.4 is 5.32 Å². The molecule has 0 bridgehead atoms. The molecule has 1 fully saturated rings. The molecule has 4 nitrogen and oxygen atoms in total. The van der Waals surface area contributed by atoms with Crippen LogP contribution in [-0.2, 0) is 11.3 Å². The monoisotopic (exact) mass is 340 g/mol. The summed E-state index contributed by atoms with van der Waals surface area (Å²) in [6, 6.07) is 15.3. The zero-order chi connectivity index (χ0) is 17.6. The lowest BCUT2D eigenvalue weighted by atomic mass is 9.96. The normalized spacial score (nSPS) is 17.2. The Morgan fingerprint density at radius 1 is 1.08 bits per heavy atom. The fourth-order valence-electron chi connectivity index (χ4n) is 3.08. The van der Waals surface area contributed by atoms with Gasteiger partial charge in [-0.3, -0.25) is 9.59 Å². The molecule has 1 saturated heterocycles. The van der Waals surface area contributed by atoms with Gasteiger partial charge in [0.1, 0.15) is 5.82 Å². The fraction of sp³-hybridized carbons (Fsp3) is 0.300. The minimum absolute atomic E-state index is 0.0274. The molecular formula is C20H21FN2O2. The predicted octanol–water partition coefficient (Wildman–Crippen LogP) is 2.99. The van der Waals surface area contributed by atoms with Gasteiger partial charge in [0.25, 0.3) is 5.91 Å². The van der Waals surface area contributed by atoms with Crippen molar-refractivity contribution in [2.75, 3.05) is 13.1 Å². The van der Waals surface area contributed by atoms with Crippen molar-refractivity contribution in [2.45, 2.75) is 19.4 Å². The average Bonchev–Trinajstić information content (AvgIpc) is 2.67. The van der Waals surface area contributed by atoms with Gasteiger partial charge in [-0.25, -0.2) is 4.39 Å². The van der Waals surface area contributed by atoms with Crippen molar-refractivity contribution in [1.29, 1.82) is 0 Å². The summed E-state index contributed by atoms with van der Waals surface area (Å²) in [4.78, 5) is 26.6. The zero-order valence-corrected chi connectivity index (χ0v) is 14.0. The van der Waals surface area contributed by atoms with Crippen LogP contribution in [0.1, 0.15) is 28.8 Å². The summed E-state index contributed by atoms with van der Waals surface area (Å²) in [7, 11) is 0. The Bertz CT molecular complexity index is 731. The number of nitrogens with one attached hydrogen (secondary N) is 1. The number of benzene rings is 2. The maximum Gasteiger partial charge on any atom is 0.253 e. The second-order valence-electron chi connectivity index (χ2n) is 6.30. The van der Waals surface area contributed by atoms with E-state index in [2.05, 4.69) is 5.32 Å². The highest BCUT2D eigenvalue weighted by Gasteiger charge is 2.28. The lowest BCUT2D eigenvalue weighted by Gasteiger charge is -2.32. The molecule has 0 radical (unpaired) electrons. The summed E-state index contributed by atoms with van der Waals surface area (Å²) < 4.78 is 13.0. The van der Waals surface area contributed by atoms with Crippen LogP contribution in [-0.4, -0.2) is 29.8 Å². The molecule has 2 aromatic carbocycles. The molecule has 0 spiro atoms. The Balaban J connectivity index is 1.57. The number of carbonyl (C=O) groups is 2. The van der Waals surface area contributed by atoms with Gasteiger partial charge in [-0.05, 0) is 42.7 Å². The highest BCUT2D eigenvalue weighted by atomic mass is 19.1. The van der Waals surface area contributed by atoms with Crippen LogP contribution >= 0.6 is 0 Å². The van der Waals surface area contributed by atoms with Gasteiger partial charge in [0.15, 0.2) is 0 Å². The lowest BCUT2D eigenvalue weighted by molar-refractivity contribution is -0.126. The van der Waals surface area contributed by atoms with Crippen LogP contribution in [0.15, 0.2) is 54.6 Å². The van der Waals surface area contributed by atoms with Crippen LogP contribution in [0.5, 0.6) is 0 Å². The predicted molar refractivity (Wildman–Crippen MR) is 93.3 cm³/mol. The molecule has 0 saturated carbocycles. The summed E-state index contributed by atoms with van der Waals surface area (Å²) in [5.74, 6) is -0.753. The van der Waals surface area contributed by atoms with E-state index in [0.717, 1.165) is 18.4 Å². The molecular weight excluding hydrogens is 319 g/mol. The molecule has 3 rings (SSSR count). The first-order valence-electron chi connectivity index (χ1n) is 8.50. The third-order valence-corrected chi connectivity index (χ3v) is 4.48. The van der Waals surface area contributed by atoms with Crippen molar-refractivity contribution < 1.29 is 14.0 Å². The second kappa shape index (κ2) is 7.92. The van der Waals surface area contributed by atoms with Crippen molar-refractivity contribution in [2.24, 2.45) is 5.92 Å². The maximum absolute atomic E-state index is 13.0. The van der Waals surface area contributed by atoms with Crippen molar-refractivity contribution in [1.82, 2.24) is 10.2 Å². The van der Waals surface area contributed by atoms with Gasteiger partial charge in [0, 0.05) is 25.2 Å². The summed E-state index contributed by atoms with van der Waals surface area (Å²) in [6.45, 7) is 1.51. The van der Waals surface area contributed by atoms with Crippen molar-refractivity contribution in [3.05, 3.63) is 71.5 Å². The second-order valence-corrected chi connectivity index (χ2v) is 6.30. The van der Waals surface area contributed by atoms with E-state index >= 15 is 0 Å². The SMILES string of the molecule is O=C(NCc1ccccc1)C1CCCN(C(=O)c2ccc(F)cc2)C1. The summed E-state index contributed by atoms with van der Waals surface area (Å²) >= 11 is 0. The van der Waals surface area contributed by atoms with E-state index in [1.165, 1.54) is 24.3 Å². The lowest BCUT2D eigenvalue weighted by Crippen LogP contribution is -2.45. The van der Waals surface area contributed by atoms with Crippen LogP contribution in [0.25, 0.3) is 0 Å². The number of carbonyl (C=O) groups excluding carboxylic acids is 2.